The summed E-state index contributed by atoms with van der Waals surface area (Å²) >= 11 is 3.31. The van der Waals surface area contributed by atoms with E-state index in [-0.39, 0.29) is 5.56 Å². The standard InChI is InChI=1S/C16H22BrNO4/c1-15(2,3)21-13(19)11-9-10(17)7-8-12(11)18-14(20)22-16(4,5)6/h7-9H,1-6H3,(H,18,20). The summed E-state index contributed by atoms with van der Waals surface area (Å²) in [7, 11) is 0. The van der Waals surface area contributed by atoms with Crippen LogP contribution in [0.1, 0.15) is 51.9 Å². The molecule has 1 aromatic rings. The number of carbonyl (C=O) groups excluding carboxylic acids is 2. The maximum atomic E-state index is 12.3. The molecule has 1 amide bonds. The van der Waals surface area contributed by atoms with Gasteiger partial charge in [-0.15, -0.1) is 0 Å². The van der Waals surface area contributed by atoms with Crippen LogP contribution in [0.25, 0.3) is 0 Å². The summed E-state index contributed by atoms with van der Waals surface area (Å²) in [5.74, 6) is -0.514. The zero-order chi connectivity index (χ0) is 17.1. The van der Waals surface area contributed by atoms with E-state index in [1.54, 1.807) is 59.7 Å². The molecule has 0 aliphatic heterocycles. The second-order valence-corrected chi connectivity index (χ2v) is 7.73. The number of nitrogens with one attached hydrogen (secondary N) is 1. The number of anilines is 1. The lowest BCUT2D eigenvalue weighted by atomic mass is 10.1. The van der Waals surface area contributed by atoms with E-state index in [9.17, 15) is 9.59 Å². The molecule has 0 spiro atoms. The number of ether oxygens (including phenoxy) is 2. The van der Waals surface area contributed by atoms with Gasteiger partial charge in [0.2, 0.25) is 0 Å². The van der Waals surface area contributed by atoms with Gasteiger partial charge in [-0.2, -0.15) is 0 Å². The summed E-state index contributed by atoms with van der Waals surface area (Å²) in [6.45, 7) is 10.6. The van der Waals surface area contributed by atoms with Crippen LogP contribution in [0.2, 0.25) is 0 Å². The summed E-state index contributed by atoms with van der Waals surface area (Å²) in [5.41, 5.74) is -0.643. The molecule has 6 heteroatoms. The van der Waals surface area contributed by atoms with E-state index in [1.165, 1.54) is 0 Å². The Morgan fingerprint density at radius 2 is 1.55 bits per heavy atom. The van der Waals surface area contributed by atoms with Crippen molar-refractivity contribution in [1.82, 2.24) is 0 Å². The van der Waals surface area contributed by atoms with E-state index in [0.29, 0.717) is 10.2 Å². The highest BCUT2D eigenvalue weighted by molar-refractivity contribution is 9.10. The van der Waals surface area contributed by atoms with Gasteiger partial charge in [-0.1, -0.05) is 15.9 Å². The van der Waals surface area contributed by atoms with Crippen molar-refractivity contribution in [2.24, 2.45) is 0 Å². The predicted molar refractivity (Wildman–Crippen MR) is 89.2 cm³/mol. The molecule has 0 fully saturated rings. The molecule has 0 saturated heterocycles. The third-order valence-corrected chi connectivity index (χ3v) is 2.73. The molecule has 0 aliphatic carbocycles. The monoisotopic (exact) mass is 371 g/mol. The zero-order valence-electron chi connectivity index (χ0n) is 13.7. The number of amides is 1. The van der Waals surface area contributed by atoms with Gasteiger partial charge in [0.1, 0.15) is 11.2 Å². The number of rotatable bonds is 2. The molecule has 0 heterocycles. The smallest absolute Gasteiger partial charge is 0.412 e. The molecule has 1 rings (SSSR count). The average molecular weight is 372 g/mol. The van der Waals surface area contributed by atoms with Gasteiger partial charge in [0.15, 0.2) is 0 Å². The van der Waals surface area contributed by atoms with Crippen molar-refractivity contribution < 1.29 is 19.1 Å². The number of benzene rings is 1. The molecule has 1 aromatic carbocycles. The van der Waals surface area contributed by atoms with Crippen molar-refractivity contribution in [1.29, 1.82) is 0 Å². The van der Waals surface area contributed by atoms with Crippen LogP contribution in [0.4, 0.5) is 10.5 Å². The zero-order valence-corrected chi connectivity index (χ0v) is 15.3. The molecule has 0 saturated carbocycles. The van der Waals surface area contributed by atoms with Crippen LogP contribution in [0.15, 0.2) is 22.7 Å². The van der Waals surface area contributed by atoms with Gasteiger partial charge < -0.3 is 9.47 Å². The van der Waals surface area contributed by atoms with Crippen molar-refractivity contribution in [2.45, 2.75) is 52.7 Å². The number of carbonyl (C=O) groups is 2. The highest BCUT2D eigenvalue weighted by atomic mass is 79.9. The van der Waals surface area contributed by atoms with Crippen LogP contribution in [0.3, 0.4) is 0 Å². The predicted octanol–water partition coefficient (Wildman–Crippen LogP) is 4.75. The molecule has 5 nitrogen and oxygen atoms in total. The summed E-state index contributed by atoms with van der Waals surface area (Å²) < 4.78 is 11.3. The maximum absolute atomic E-state index is 12.3. The Balaban J connectivity index is 3.01. The first-order valence-electron chi connectivity index (χ1n) is 6.90. The van der Waals surface area contributed by atoms with Gasteiger partial charge in [0.05, 0.1) is 11.3 Å². The van der Waals surface area contributed by atoms with E-state index in [4.69, 9.17) is 9.47 Å². The van der Waals surface area contributed by atoms with E-state index < -0.39 is 23.3 Å². The summed E-state index contributed by atoms with van der Waals surface area (Å²) in [4.78, 5) is 24.1. The fourth-order valence-corrected chi connectivity index (χ4v) is 1.90. The molecule has 0 atom stereocenters. The molecular weight excluding hydrogens is 350 g/mol. The van der Waals surface area contributed by atoms with Crippen LogP contribution >= 0.6 is 15.9 Å². The number of esters is 1. The Morgan fingerprint density at radius 3 is 2.05 bits per heavy atom. The quantitative estimate of drug-likeness (QED) is 0.761. The molecule has 0 aromatic heterocycles. The van der Waals surface area contributed by atoms with E-state index in [2.05, 4.69) is 21.2 Å². The number of hydrogen-bond acceptors (Lipinski definition) is 4. The van der Waals surface area contributed by atoms with Gasteiger partial charge >= 0.3 is 12.1 Å². The molecule has 0 unspecified atom stereocenters. The SMILES string of the molecule is CC(C)(C)OC(=O)Nc1ccc(Br)cc1C(=O)OC(C)(C)C. The van der Waals surface area contributed by atoms with Crippen molar-refractivity contribution >= 4 is 33.7 Å². The summed E-state index contributed by atoms with van der Waals surface area (Å²) in [6.07, 6.45) is -0.625. The van der Waals surface area contributed by atoms with Crippen molar-refractivity contribution in [2.75, 3.05) is 5.32 Å². The lowest BCUT2D eigenvalue weighted by Gasteiger charge is -2.22. The topological polar surface area (TPSA) is 64.6 Å². The second-order valence-electron chi connectivity index (χ2n) is 6.82. The number of halogens is 1. The Morgan fingerprint density at radius 1 is 1.00 bits per heavy atom. The van der Waals surface area contributed by atoms with Crippen molar-refractivity contribution in [3.63, 3.8) is 0 Å². The largest absolute Gasteiger partial charge is 0.456 e. The Hall–Kier alpha value is -1.56. The van der Waals surface area contributed by atoms with E-state index in [0.717, 1.165) is 0 Å². The minimum atomic E-state index is -0.625. The Kier molecular flexibility index (Phi) is 5.62. The first-order valence-corrected chi connectivity index (χ1v) is 7.69. The lowest BCUT2D eigenvalue weighted by molar-refractivity contribution is 0.00707. The summed E-state index contributed by atoms with van der Waals surface area (Å²) in [6, 6.07) is 4.94. The third kappa shape index (κ3) is 6.47. The molecule has 1 N–H and O–H groups in total. The van der Waals surface area contributed by atoms with Gasteiger partial charge in [-0.05, 0) is 59.7 Å². The minimum Gasteiger partial charge on any atom is -0.456 e. The molecule has 0 radical (unpaired) electrons. The molecule has 22 heavy (non-hydrogen) atoms. The van der Waals surface area contributed by atoms with Crippen molar-refractivity contribution in [3.8, 4) is 0 Å². The average Bonchev–Trinajstić information content (AvgIpc) is 2.26. The van der Waals surface area contributed by atoms with Gasteiger partial charge in [-0.3, -0.25) is 5.32 Å². The van der Waals surface area contributed by atoms with Gasteiger partial charge in [0, 0.05) is 4.47 Å². The van der Waals surface area contributed by atoms with Crippen LogP contribution < -0.4 is 5.32 Å². The van der Waals surface area contributed by atoms with Crippen LogP contribution in [-0.2, 0) is 9.47 Å². The molecule has 0 aliphatic rings. The first kappa shape index (κ1) is 18.5. The fraction of sp³-hybridized carbons (Fsp3) is 0.500. The highest BCUT2D eigenvalue weighted by Gasteiger charge is 2.23. The van der Waals surface area contributed by atoms with Crippen LogP contribution in [0.5, 0.6) is 0 Å². The van der Waals surface area contributed by atoms with Crippen molar-refractivity contribution in [3.05, 3.63) is 28.2 Å². The Labute approximate surface area is 139 Å². The van der Waals surface area contributed by atoms with E-state index >= 15 is 0 Å². The number of hydrogen-bond donors (Lipinski definition) is 1. The second kappa shape index (κ2) is 6.69. The lowest BCUT2D eigenvalue weighted by Crippen LogP contribution is -2.28. The van der Waals surface area contributed by atoms with Crippen LogP contribution in [-0.4, -0.2) is 23.3 Å². The van der Waals surface area contributed by atoms with Gasteiger partial charge in [0.25, 0.3) is 0 Å². The third-order valence-electron chi connectivity index (χ3n) is 2.24. The molecule has 0 bridgehead atoms. The van der Waals surface area contributed by atoms with Gasteiger partial charge in [-0.25, -0.2) is 9.59 Å². The first-order chi connectivity index (χ1) is 9.87. The van der Waals surface area contributed by atoms with Crippen LogP contribution in [0, 0.1) is 0 Å². The molecular formula is C16H22BrNO4. The Bertz CT molecular complexity index is 570. The molecule has 122 valence electrons. The maximum Gasteiger partial charge on any atom is 0.412 e. The minimum absolute atomic E-state index is 0.259. The normalized spacial score (nSPS) is 11.8. The fourth-order valence-electron chi connectivity index (χ4n) is 1.54. The van der Waals surface area contributed by atoms with E-state index in [1.807, 2.05) is 0 Å². The summed E-state index contributed by atoms with van der Waals surface area (Å²) in [5, 5.41) is 2.58. The highest BCUT2D eigenvalue weighted by Crippen LogP contribution is 2.24.